The van der Waals surface area contributed by atoms with Gasteiger partial charge in [0.05, 0.1) is 12.1 Å². The van der Waals surface area contributed by atoms with Gasteiger partial charge in [-0.2, -0.15) is 13.2 Å². The van der Waals surface area contributed by atoms with Crippen molar-refractivity contribution in [1.82, 2.24) is 14.7 Å². The predicted molar refractivity (Wildman–Crippen MR) is 161 cm³/mol. The fourth-order valence-corrected chi connectivity index (χ4v) is 6.71. The third-order valence-corrected chi connectivity index (χ3v) is 9.31. The van der Waals surface area contributed by atoms with Gasteiger partial charge in [0.25, 0.3) is 5.91 Å². The predicted octanol–water partition coefficient (Wildman–Crippen LogP) is 6.43. The summed E-state index contributed by atoms with van der Waals surface area (Å²) in [5.74, 6) is -0.0245. The van der Waals surface area contributed by atoms with Crippen molar-refractivity contribution in [2.75, 3.05) is 32.7 Å². The topological polar surface area (TPSA) is 70.2 Å². The Kier molecular flexibility index (Phi) is 8.68. The molecule has 0 radical (unpaired) electrons. The number of amides is 2. The molecule has 0 unspecified atom stereocenters. The fourth-order valence-electron chi connectivity index (χ4n) is 6.71. The summed E-state index contributed by atoms with van der Waals surface area (Å²) in [5.41, 5.74) is 1.12. The number of hydrogen-bond donors (Lipinski definition) is 0. The molecule has 3 aromatic carbocycles. The van der Waals surface area contributed by atoms with Crippen LogP contribution in [-0.2, 0) is 24.0 Å². The molecule has 3 aromatic rings. The van der Waals surface area contributed by atoms with Crippen LogP contribution in [0.1, 0.15) is 63.1 Å². The number of likely N-dealkylation sites (tertiary alicyclic amines) is 2. The molecule has 1 spiro atoms. The molecule has 0 bridgehead atoms. The van der Waals surface area contributed by atoms with E-state index in [4.69, 9.17) is 4.74 Å². The summed E-state index contributed by atoms with van der Waals surface area (Å²) in [6.45, 7) is 3.05. The Balaban J connectivity index is 0.990. The number of ether oxygens (including phenoxy) is 1. The zero-order chi connectivity index (χ0) is 31.6. The van der Waals surface area contributed by atoms with Gasteiger partial charge in [-0.05, 0) is 42.2 Å². The van der Waals surface area contributed by atoms with E-state index in [0.29, 0.717) is 76.1 Å². The maximum absolute atomic E-state index is 13.4. The molecule has 0 aromatic heterocycles. The van der Waals surface area contributed by atoms with E-state index in [0.717, 1.165) is 11.6 Å². The molecule has 2 amide bonds. The van der Waals surface area contributed by atoms with E-state index in [1.807, 2.05) is 47.4 Å². The van der Waals surface area contributed by atoms with Crippen LogP contribution >= 0.6 is 0 Å². The highest BCUT2D eigenvalue weighted by Crippen LogP contribution is 2.36. The lowest BCUT2D eigenvalue weighted by atomic mass is 9.88. The number of ketones is 1. The molecule has 10 heteroatoms. The summed E-state index contributed by atoms with van der Waals surface area (Å²) >= 11 is 0. The van der Waals surface area contributed by atoms with E-state index in [1.54, 1.807) is 28.0 Å². The number of rotatable bonds is 7. The second kappa shape index (κ2) is 12.7. The smallest absolute Gasteiger partial charge is 0.416 e. The molecule has 3 saturated heterocycles. The van der Waals surface area contributed by atoms with Gasteiger partial charge in [-0.3, -0.25) is 19.4 Å². The standard InChI is InChI=1S/C35H36F3N3O4/c36-35(37,38)30-9-5-4-8-29(30)23-39-20-16-34(17-21-39)24-41(33(44)45-34)22-25-10-12-28(13-11-25)32(43)40-18-14-27(15-19-40)31(42)26-6-2-1-3-7-26/h1-13,27H,14-24H2. The van der Waals surface area contributed by atoms with Crippen LogP contribution in [0.15, 0.2) is 78.9 Å². The molecular weight excluding hydrogens is 583 g/mol. The van der Waals surface area contributed by atoms with Gasteiger partial charge in [0.15, 0.2) is 5.78 Å². The Labute approximate surface area is 260 Å². The molecule has 7 nitrogen and oxygen atoms in total. The molecule has 3 fully saturated rings. The van der Waals surface area contributed by atoms with Gasteiger partial charge in [-0.15, -0.1) is 0 Å². The maximum atomic E-state index is 13.4. The highest BCUT2D eigenvalue weighted by molar-refractivity contribution is 5.98. The monoisotopic (exact) mass is 619 g/mol. The van der Waals surface area contributed by atoms with Crippen molar-refractivity contribution in [2.24, 2.45) is 5.92 Å². The number of piperidine rings is 2. The first kappa shape index (κ1) is 30.8. The Morgan fingerprint density at radius 3 is 2.11 bits per heavy atom. The van der Waals surface area contributed by atoms with Crippen molar-refractivity contribution in [1.29, 1.82) is 0 Å². The summed E-state index contributed by atoms with van der Waals surface area (Å²) in [6, 6.07) is 22.1. The van der Waals surface area contributed by atoms with Crippen LogP contribution in [-0.4, -0.2) is 70.8 Å². The van der Waals surface area contributed by atoms with Crippen molar-refractivity contribution in [3.05, 3.63) is 107 Å². The van der Waals surface area contributed by atoms with Crippen LogP contribution in [0.25, 0.3) is 0 Å². The summed E-state index contributed by atoms with van der Waals surface area (Å²) in [7, 11) is 0. The van der Waals surface area contributed by atoms with Crippen molar-refractivity contribution in [3.63, 3.8) is 0 Å². The number of Topliss-reactive ketones (excluding diaryl/α,β-unsaturated/α-hetero) is 1. The molecule has 0 atom stereocenters. The third kappa shape index (κ3) is 6.91. The first-order chi connectivity index (χ1) is 21.6. The minimum atomic E-state index is -4.40. The van der Waals surface area contributed by atoms with E-state index in [2.05, 4.69) is 0 Å². The average molecular weight is 620 g/mol. The highest BCUT2D eigenvalue weighted by Gasteiger charge is 2.47. The number of hydrogen-bond acceptors (Lipinski definition) is 5. The normalized spacial score (nSPS) is 19.1. The van der Waals surface area contributed by atoms with Crippen LogP contribution in [0.2, 0.25) is 0 Å². The minimum Gasteiger partial charge on any atom is -0.441 e. The second-order valence-corrected chi connectivity index (χ2v) is 12.3. The van der Waals surface area contributed by atoms with E-state index in [-0.39, 0.29) is 29.7 Å². The molecule has 236 valence electrons. The SMILES string of the molecule is O=C(c1ccccc1)C1CCN(C(=O)c2ccc(CN3CC4(CCN(Cc5ccccc5C(F)(F)F)CC4)OC3=O)cc2)CC1. The van der Waals surface area contributed by atoms with E-state index in [9.17, 15) is 27.6 Å². The van der Waals surface area contributed by atoms with Crippen molar-refractivity contribution >= 4 is 17.8 Å². The van der Waals surface area contributed by atoms with Gasteiger partial charge < -0.3 is 9.64 Å². The van der Waals surface area contributed by atoms with Crippen LogP contribution < -0.4 is 0 Å². The van der Waals surface area contributed by atoms with Crippen LogP contribution in [0.5, 0.6) is 0 Å². The van der Waals surface area contributed by atoms with Gasteiger partial charge in [0, 0.05) is 69.2 Å². The van der Waals surface area contributed by atoms with Gasteiger partial charge in [0.1, 0.15) is 5.60 Å². The number of nitrogens with zero attached hydrogens (tertiary/aromatic N) is 3. The lowest BCUT2D eigenvalue weighted by Gasteiger charge is -2.37. The number of benzene rings is 3. The van der Waals surface area contributed by atoms with E-state index < -0.39 is 23.4 Å². The summed E-state index contributed by atoms with van der Waals surface area (Å²) < 4.78 is 46.1. The minimum absolute atomic E-state index is 0.0729. The molecular formula is C35H36F3N3O4. The van der Waals surface area contributed by atoms with Crippen LogP contribution in [0.3, 0.4) is 0 Å². The van der Waals surface area contributed by atoms with E-state index in [1.165, 1.54) is 12.1 Å². The van der Waals surface area contributed by atoms with Gasteiger partial charge in [0.2, 0.25) is 0 Å². The number of halogens is 3. The number of carbonyl (C=O) groups is 3. The molecule has 3 aliphatic rings. The molecule has 6 rings (SSSR count). The van der Waals surface area contributed by atoms with Crippen molar-refractivity contribution in [2.45, 2.75) is 50.6 Å². The molecule has 3 heterocycles. The highest BCUT2D eigenvalue weighted by atomic mass is 19.4. The maximum Gasteiger partial charge on any atom is 0.416 e. The van der Waals surface area contributed by atoms with Crippen molar-refractivity contribution in [3.8, 4) is 0 Å². The summed E-state index contributed by atoms with van der Waals surface area (Å²) in [4.78, 5) is 44.2. The number of carbonyl (C=O) groups excluding carboxylic acids is 3. The molecule has 0 aliphatic carbocycles. The lowest BCUT2D eigenvalue weighted by Crippen LogP contribution is -2.46. The van der Waals surface area contributed by atoms with Gasteiger partial charge in [-0.25, -0.2) is 4.79 Å². The Morgan fingerprint density at radius 2 is 1.44 bits per heavy atom. The first-order valence-electron chi connectivity index (χ1n) is 15.4. The quantitative estimate of drug-likeness (QED) is 0.285. The Morgan fingerprint density at radius 1 is 0.800 bits per heavy atom. The fraction of sp³-hybridized carbons (Fsp3) is 0.400. The van der Waals surface area contributed by atoms with Crippen LogP contribution in [0.4, 0.5) is 18.0 Å². The zero-order valence-corrected chi connectivity index (χ0v) is 25.0. The second-order valence-electron chi connectivity index (χ2n) is 12.3. The molecule has 45 heavy (non-hydrogen) atoms. The van der Waals surface area contributed by atoms with Crippen molar-refractivity contribution < 1.29 is 32.3 Å². The van der Waals surface area contributed by atoms with Gasteiger partial charge in [-0.1, -0.05) is 60.7 Å². The average Bonchev–Trinajstić information content (AvgIpc) is 3.35. The Bertz CT molecular complexity index is 1530. The molecule has 3 aliphatic heterocycles. The summed E-state index contributed by atoms with van der Waals surface area (Å²) in [5, 5.41) is 0. The first-order valence-corrected chi connectivity index (χ1v) is 15.4. The summed E-state index contributed by atoms with van der Waals surface area (Å²) in [6.07, 6.45) is -2.44. The lowest BCUT2D eigenvalue weighted by molar-refractivity contribution is -0.138. The zero-order valence-electron chi connectivity index (χ0n) is 25.0. The van der Waals surface area contributed by atoms with Crippen LogP contribution in [0, 0.1) is 5.92 Å². The third-order valence-electron chi connectivity index (χ3n) is 9.31. The number of alkyl halides is 3. The Hall–Kier alpha value is -4.18. The molecule has 0 saturated carbocycles. The molecule has 0 N–H and O–H groups in total. The van der Waals surface area contributed by atoms with Gasteiger partial charge >= 0.3 is 12.3 Å². The largest absolute Gasteiger partial charge is 0.441 e. The van der Waals surface area contributed by atoms with E-state index >= 15 is 0 Å².